The highest BCUT2D eigenvalue weighted by Gasteiger charge is 2.29. The molecule has 8 heteroatoms. The van der Waals surface area contributed by atoms with Crippen molar-refractivity contribution in [1.82, 2.24) is 25.4 Å². The van der Waals surface area contributed by atoms with Gasteiger partial charge < -0.3 is 5.32 Å². The molecule has 2 heterocycles. The molecule has 18 heavy (non-hydrogen) atoms. The van der Waals surface area contributed by atoms with Crippen LogP contribution < -0.4 is 10.6 Å². The molecule has 0 bridgehead atoms. The summed E-state index contributed by atoms with van der Waals surface area (Å²) in [6.45, 7) is 1.65. The lowest BCUT2D eigenvalue weighted by molar-refractivity contribution is -0.137. The zero-order valence-corrected chi connectivity index (χ0v) is 9.79. The molecule has 1 fully saturated rings. The summed E-state index contributed by atoms with van der Waals surface area (Å²) in [5.74, 6) is -1.12. The Hall–Kier alpha value is -2.25. The largest absolute Gasteiger partial charge is 0.342 e. The van der Waals surface area contributed by atoms with Crippen molar-refractivity contribution < 1.29 is 14.4 Å². The number of hydrogen-bond acceptors (Lipinski definition) is 5. The number of carbonyl (C=O) groups is 3. The molecule has 2 N–H and O–H groups in total. The molecule has 0 saturated carbocycles. The van der Waals surface area contributed by atoms with Gasteiger partial charge in [-0.2, -0.15) is 5.10 Å². The van der Waals surface area contributed by atoms with Gasteiger partial charge in [0.25, 0.3) is 0 Å². The first kappa shape index (κ1) is 12.2. The number of nitrogens with zero attached hydrogens (tertiary/aromatic N) is 3. The van der Waals surface area contributed by atoms with Gasteiger partial charge in [0.05, 0.1) is 0 Å². The molecule has 1 aliphatic rings. The zero-order valence-electron chi connectivity index (χ0n) is 9.79. The van der Waals surface area contributed by atoms with Gasteiger partial charge >= 0.3 is 0 Å². The normalized spacial score (nSPS) is 21.3. The maximum atomic E-state index is 11.9. The number of amides is 3. The standard InChI is InChI=1S/C10H13N5O3/c1-6(15-5-11-4-12-15)9(17)13-7-2-3-8(16)14-10(7)18/h4-7H,2-3H2,1H3,(H,13,17)(H,14,16,18). The Morgan fingerprint density at radius 3 is 3.00 bits per heavy atom. The third kappa shape index (κ3) is 2.53. The molecule has 0 radical (unpaired) electrons. The maximum Gasteiger partial charge on any atom is 0.249 e. The van der Waals surface area contributed by atoms with Crippen molar-refractivity contribution in [1.29, 1.82) is 0 Å². The van der Waals surface area contributed by atoms with Gasteiger partial charge in [0.2, 0.25) is 17.7 Å². The summed E-state index contributed by atoms with van der Waals surface area (Å²) in [6, 6.07) is -1.22. The number of rotatable bonds is 3. The molecule has 0 aliphatic carbocycles. The van der Waals surface area contributed by atoms with E-state index >= 15 is 0 Å². The van der Waals surface area contributed by atoms with E-state index in [1.165, 1.54) is 17.3 Å². The van der Waals surface area contributed by atoms with Crippen molar-refractivity contribution in [3.8, 4) is 0 Å². The highest BCUT2D eigenvalue weighted by molar-refractivity contribution is 6.01. The third-order valence-corrected chi connectivity index (χ3v) is 2.77. The summed E-state index contributed by atoms with van der Waals surface area (Å²) in [6.07, 6.45) is 3.30. The second-order valence-corrected chi connectivity index (χ2v) is 4.06. The fraction of sp³-hybridized carbons (Fsp3) is 0.500. The fourth-order valence-electron chi connectivity index (χ4n) is 1.66. The summed E-state index contributed by atoms with van der Waals surface area (Å²) < 4.78 is 1.39. The Balaban J connectivity index is 1.95. The molecule has 1 saturated heterocycles. The number of imide groups is 1. The zero-order chi connectivity index (χ0) is 13.1. The Morgan fingerprint density at radius 1 is 1.61 bits per heavy atom. The van der Waals surface area contributed by atoms with Crippen LogP contribution in [-0.2, 0) is 14.4 Å². The van der Waals surface area contributed by atoms with Crippen LogP contribution in [0.25, 0.3) is 0 Å². The molecule has 2 rings (SSSR count). The van der Waals surface area contributed by atoms with E-state index in [9.17, 15) is 14.4 Å². The summed E-state index contributed by atoms with van der Waals surface area (Å²) >= 11 is 0. The van der Waals surface area contributed by atoms with Crippen molar-refractivity contribution in [3.05, 3.63) is 12.7 Å². The Labute approximate surface area is 103 Å². The minimum Gasteiger partial charge on any atom is -0.342 e. The number of hydrogen-bond donors (Lipinski definition) is 2. The number of aromatic nitrogens is 3. The molecule has 1 aromatic rings. The van der Waals surface area contributed by atoms with Crippen molar-refractivity contribution in [2.75, 3.05) is 0 Å². The molecular weight excluding hydrogens is 238 g/mol. The molecule has 3 amide bonds. The smallest absolute Gasteiger partial charge is 0.249 e. The van der Waals surface area contributed by atoms with Gasteiger partial charge in [0.15, 0.2) is 0 Å². The first-order valence-electron chi connectivity index (χ1n) is 5.56. The van der Waals surface area contributed by atoms with Crippen LogP contribution in [0.4, 0.5) is 0 Å². The van der Waals surface area contributed by atoms with Crippen LogP contribution >= 0.6 is 0 Å². The van der Waals surface area contributed by atoms with Crippen molar-refractivity contribution >= 4 is 17.7 Å². The van der Waals surface area contributed by atoms with Crippen LogP contribution in [-0.4, -0.2) is 38.5 Å². The average molecular weight is 251 g/mol. The van der Waals surface area contributed by atoms with E-state index in [1.807, 2.05) is 0 Å². The Morgan fingerprint density at radius 2 is 2.39 bits per heavy atom. The van der Waals surface area contributed by atoms with Gasteiger partial charge in [0.1, 0.15) is 24.7 Å². The lowest BCUT2D eigenvalue weighted by Gasteiger charge is -2.23. The van der Waals surface area contributed by atoms with Crippen LogP contribution in [0.1, 0.15) is 25.8 Å². The minimum absolute atomic E-state index is 0.231. The van der Waals surface area contributed by atoms with Gasteiger partial charge in [-0.15, -0.1) is 0 Å². The van der Waals surface area contributed by atoms with Gasteiger partial charge in [0, 0.05) is 6.42 Å². The topological polar surface area (TPSA) is 106 Å². The summed E-state index contributed by atoms with van der Waals surface area (Å²) in [4.78, 5) is 38.0. The Kier molecular flexibility index (Phi) is 3.35. The second-order valence-electron chi connectivity index (χ2n) is 4.06. The minimum atomic E-state index is -0.666. The van der Waals surface area contributed by atoms with E-state index in [1.54, 1.807) is 6.92 Å². The maximum absolute atomic E-state index is 11.9. The predicted octanol–water partition coefficient (Wildman–Crippen LogP) is -1.24. The Bertz CT molecular complexity index is 470. The highest BCUT2D eigenvalue weighted by atomic mass is 16.2. The first-order chi connectivity index (χ1) is 8.58. The molecule has 0 spiro atoms. The lowest BCUT2D eigenvalue weighted by atomic mass is 10.1. The van der Waals surface area contributed by atoms with E-state index in [4.69, 9.17) is 0 Å². The average Bonchev–Trinajstić information content (AvgIpc) is 2.85. The summed E-state index contributed by atoms with van der Waals surface area (Å²) in [5.41, 5.74) is 0. The molecule has 8 nitrogen and oxygen atoms in total. The quantitative estimate of drug-likeness (QED) is 0.654. The molecular formula is C10H13N5O3. The predicted molar refractivity (Wildman–Crippen MR) is 59.0 cm³/mol. The molecule has 0 aromatic carbocycles. The number of carbonyl (C=O) groups excluding carboxylic acids is 3. The van der Waals surface area contributed by atoms with Crippen LogP contribution in [0.5, 0.6) is 0 Å². The number of piperidine rings is 1. The summed E-state index contributed by atoms with van der Waals surface area (Å²) in [5, 5.41) is 8.62. The molecule has 2 atom stereocenters. The lowest BCUT2D eigenvalue weighted by Crippen LogP contribution is -2.53. The van der Waals surface area contributed by atoms with E-state index in [-0.39, 0.29) is 18.2 Å². The van der Waals surface area contributed by atoms with Gasteiger partial charge in [-0.25, -0.2) is 9.67 Å². The number of nitrogens with one attached hydrogen (secondary N) is 2. The van der Waals surface area contributed by atoms with Gasteiger partial charge in [-0.1, -0.05) is 0 Å². The van der Waals surface area contributed by atoms with Crippen molar-refractivity contribution in [2.45, 2.75) is 31.8 Å². The van der Waals surface area contributed by atoms with Crippen LogP contribution in [0, 0.1) is 0 Å². The van der Waals surface area contributed by atoms with Crippen LogP contribution in [0.2, 0.25) is 0 Å². The monoisotopic (exact) mass is 251 g/mol. The van der Waals surface area contributed by atoms with Gasteiger partial charge in [-0.3, -0.25) is 19.7 Å². The highest BCUT2D eigenvalue weighted by Crippen LogP contribution is 2.07. The van der Waals surface area contributed by atoms with E-state index < -0.39 is 18.0 Å². The van der Waals surface area contributed by atoms with Crippen molar-refractivity contribution in [3.63, 3.8) is 0 Å². The SMILES string of the molecule is CC(C(=O)NC1CCC(=O)NC1=O)n1cncn1. The third-order valence-electron chi connectivity index (χ3n) is 2.77. The van der Waals surface area contributed by atoms with Crippen LogP contribution in [0.3, 0.4) is 0 Å². The van der Waals surface area contributed by atoms with Crippen LogP contribution in [0.15, 0.2) is 12.7 Å². The molecule has 96 valence electrons. The van der Waals surface area contributed by atoms with Gasteiger partial charge in [-0.05, 0) is 13.3 Å². The van der Waals surface area contributed by atoms with Crippen molar-refractivity contribution in [2.24, 2.45) is 0 Å². The molecule has 1 aromatic heterocycles. The second kappa shape index (κ2) is 4.94. The van der Waals surface area contributed by atoms with E-state index in [0.29, 0.717) is 6.42 Å². The molecule has 1 aliphatic heterocycles. The summed E-state index contributed by atoms with van der Waals surface area (Å²) in [7, 11) is 0. The molecule has 2 unspecified atom stereocenters. The van der Waals surface area contributed by atoms with E-state index in [0.717, 1.165) is 0 Å². The first-order valence-corrected chi connectivity index (χ1v) is 5.56. The van der Waals surface area contributed by atoms with E-state index in [2.05, 4.69) is 20.7 Å². The fourth-order valence-corrected chi connectivity index (χ4v) is 1.66.